The van der Waals surface area contributed by atoms with Gasteiger partial charge in [-0.25, -0.2) is 9.59 Å². The van der Waals surface area contributed by atoms with Crippen molar-refractivity contribution in [3.63, 3.8) is 0 Å². The van der Waals surface area contributed by atoms with E-state index in [0.29, 0.717) is 5.56 Å². The first-order valence-corrected chi connectivity index (χ1v) is 6.95. The molecule has 0 aromatic carbocycles. The van der Waals surface area contributed by atoms with E-state index in [4.69, 9.17) is 9.84 Å². The summed E-state index contributed by atoms with van der Waals surface area (Å²) in [6.07, 6.45) is 0.411. The zero-order valence-corrected chi connectivity index (χ0v) is 11.9. The van der Waals surface area contributed by atoms with Crippen LogP contribution in [0.5, 0.6) is 0 Å². The van der Waals surface area contributed by atoms with E-state index in [0.717, 1.165) is 11.3 Å². The highest BCUT2D eigenvalue weighted by Gasteiger charge is 2.41. The van der Waals surface area contributed by atoms with Crippen molar-refractivity contribution in [1.82, 2.24) is 5.32 Å². The molecule has 2 N–H and O–H groups in total. The molecule has 1 aliphatic carbocycles. The number of hydrogen-bond acceptors (Lipinski definition) is 4. The highest BCUT2D eigenvalue weighted by atomic mass is 32.1. The number of amides is 1. The first kappa shape index (κ1) is 13.9. The summed E-state index contributed by atoms with van der Waals surface area (Å²) in [6.45, 7) is 5.44. The lowest BCUT2D eigenvalue weighted by molar-refractivity contribution is 0.0522. The molecule has 1 aliphatic rings. The van der Waals surface area contributed by atoms with Crippen molar-refractivity contribution in [2.45, 2.75) is 44.8 Å². The average molecular weight is 283 g/mol. The fourth-order valence-electron chi connectivity index (χ4n) is 1.79. The molecule has 1 aromatic rings. The van der Waals surface area contributed by atoms with Gasteiger partial charge in [-0.3, -0.25) is 0 Å². The Morgan fingerprint density at radius 2 is 2.16 bits per heavy atom. The Morgan fingerprint density at radius 3 is 2.68 bits per heavy atom. The van der Waals surface area contributed by atoms with Gasteiger partial charge < -0.3 is 15.2 Å². The second kappa shape index (κ2) is 4.85. The van der Waals surface area contributed by atoms with E-state index >= 15 is 0 Å². The van der Waals surface area contributed by atoms with Gasteiger partial charge in [0.2, 0.25) is 0 Å². The zero-order valence-electron chi connectivity index (χ0n) is 11.1. The first-order chi connectivity index (χ1) is 8.76. The lowest BCUT2D eigenvalue weighted by Crippen LogP contribution is -2.34. The topological polar surface area (TPSA) is 75.6 Å². The second-order valence-corrected chi connectivity index (χ2v) is 6.58. The largest absolute Gasteiger partial charge is 0.478 e. The van der Waals surface area contributed by atoms with E-state index in [1.165, 1.54) is 11.3 Å². The molecule has 1 fully saturated rings. The van der Waals surface area contributed by atoms with Crippen LogP contribution in [0.1, 0.15) is 48.3 Å². The summed E-state index contributed by atoms with van der Waals surface area (Å²) in [5.41, 5.74) is -0.198. The SMILES string of the molecule is CC(C)(C)OC(=O)N[C@@H]1CC1c1cc(C(=O)O)cs1. The van der Waals surface area contributed by atoms with Gasteiger partial charge in [0.25, 0.3) is 0 Å². The second-order valence-electron chi connectivity index (χ2n) is 5.64. The Balaban J connectivity index is 1.87. The molecule has 1 unspecified atom stereocenters. The number of thiophene rings is 1. The molecule has 19 heavy (non-hydrogen) atoms. The molecule has 2 rings (SSSR count). The normalized spacial score (nSPS) is 21.8. The Labute approximate surface area is 115 Å². The van der Waals surface area contributed by atoms with Crippen LogP contribution in [0, 0.1) is 0 Å². The predicted molar refractivity (Wildman–Crippen MR) is 71.8 cm³/mol. The molecule has 1 heterocycles. The smallest absolute Gasteiger partial charge is 0.407 e. The van der Waals surface area contributed by atoms with Crippen LogP contribution in [0.2, 0.25) is 0 Å². The number of hydrogen-bond donors (Lipinski definition) is 2. The third kappa shape index (κ3) is 3.70. The molecule has 1 aromatic heterocycles. The van der Waals surface area contributed by atoms with Crippen LogP contribution in [-0.4, -0.2) is 28.8 Å². The Kier molecular flexibility index (Phi) is 3.54. The van der Waals surface area contributed by atoms with Crippen molar-refractivity contribution >= 4 is 23.4 Å². The summed E-state index contributed by atoms with van der Waals surface area (Å²) >= 11 is 1.42. The maximum absolute atomic E-state index is 11.6. The molecule has 1 amide bonds. The molecule has 0 saturated heterocycles. The van der Waals surface area contributed by atoms with Gasteiger partial charge in [0.15, 0.2) is 0 Å². The molecule has 104 valence electrons. The summed E-state index contributed by atoms with van der Waals surface area (Å²) in [5, 5.41) is 13.3. The van der Waals surface area contributed by atoms with Crippen molar-refractivity contribution < 1.29 is 19.4 Å². The molecule has 5 nitrogen and oxygen atoms in total. The Hall–Kier alpha value is -1.56. The third-order valence-electron chi connectivity index (χ3n) is 2.72. The Morgan fingerprint density at radius 1 is 1.47 bits per heavy atom. The number of carboxylic acid groups (broad SMARTS) is 1. The van der Waals surface area contributed by atoms with Gasteiger partial charge >= 0.3 is 12.1 Å². The molecule has 0 aliphatic heterocycles. The van der Waals surface area contributed by atoms with Gasteiger partial charge in [-0.05, 0) is 33.3 Å². The summed E-state index contributed by atoms with van der Waals surface area (Å²) in [6, 6.07) is 1.73. The van der Waals surface area contributed by atoms with Gasteiger partial charge in [-0.15, -0.1) is 11.3 Å². The standard InChI is InChI=1S/C13H17NO4S/c1-13(2,3)18-12(17)14-9-5-8(9)10-4-7(6-19-10)11(15)16/h4,6,8-9H,5H2,1-3H3,(H,14,17)(H,15,16)/t8?,9-/m1/s1. The van der Waals surface area contributed by atoms with E-state index in [2.05, 4.69) is 5.32 Å². The van der Waals surface area contributed by atoms with Crippen molar-refractivity contribution in [2.24, 2.45) is 0 Å². The predicted octanol–water partition coefficient (Wildman–Crippen LogP) is 2.83. The molecule has 0 spiro atoms. The number of nitrogens with one attached hydrogen (secondary N) is 1. The van der Waals surface area contributed by atoms with Crippen LogP contribution in [0.25, 0.3) is 0 Å². The minimum absolute atomic E-state index is 0.0511. The zero-order chi connectivity index (χ0) is 14.2. The summed E-state index contributed by atoms with van der Waals surface area (Å²) < 4.78 is 5.18. The lowest BCUT2D eigenvalue weighted by atomic mass is 10.2. The average Bonchev–Trinajstić information content (AvgIpc) is 2.82. The van der Waals surface area contributed by atoms with E-state index in [9.17, 15) is 9.59 Å². The molecule has 2 atom stereocenters. The van der Waals surface area contributed by atoms with Crippen LogP contribution < -0.4 is 5.32 Å². The lowest BCUT2D eigenvalue weighted by Gasteiger charge is -2.19. The monoisotopic (exact) mass is 283 g/mol. The maximum Gasteiger partial charge on any atom is 0.407 e. The van der Waals surface area contributed by atoms with Gasteiger partial charge in [-0.2, -0.15) is 0 Å². The van der Waals surface area contributed by atoms with Crippen LogP contribution >= 0.6 is 11.3 Å². The number of carbonyl (C=O) groups excluding carboxylic acids is 1. The molecular formula is C13H17NO4S. The maximum atomic E-state index is 11.6. The highest BCUT2D eigenvalue weighted by Crippen LogP contribution is 2.43. The minimum Gasteiger partial charge on any atom is -0.478 e. The first-order valence-electron chi connectivity index (χ1n) is 6.07. The molecular weight excluding hydrogens is 266 g/mol. The van der Waals surface area contributed by atoms with Crippen LogP contribution in [0.4, 0.5) is 4.79 Å². The minimum atomic E-state index is -0.917. The van der Waals surface area contributed by atoms with Gasteiger partial charge in [0.05, 0.1) is 5.56 Å². The molecule has 0 bridgehead atoms. The number of rotatable bonds is 3. The summed E-state index contributed by atoms with van der Waals surface area (Å²) in [7, 11) is 0. The summed E-state index contributed by atoms with van der Waals surface area (Å²) in [4.78, 5) is 23.4. The van der Waals surface area contributed by atoms with Crippen LogP contribution in [-0.2, 0) is 4.74 Å². The highest BCUT2D eigenvalue weighted by molar-refractivity contribution is 7.10. The van der Waals surface area contributed by atoms with Crippen molar-refractivity contribution in [1.29, 1.82) is 0 Å². The summed E-state index contributed by atoms with van der Waals surface area (Å²) in [5.74, 6) is -0.703. The number of carbonyl (C=O) groups is 2. The number of aromatic carboxylic acids is 1. The fourth-order valence-corrected chi connectivity index (χ4v) is 2.85. The Bertz CT molecular complexity index is 503. The van der Waals surface area contributed by atoms with E-state index in [1.807, 2.05) is 20.8 Å². The number of alkyl carbamates (subject to hydrolysis) is 1. The van der Waals surface area contributed by atoms with Gasteiger partial charge in [0.1, 0.15) is 5.60 Å². The third-order valence-corrected chi connectivity index (χ3v) is 3.79. The number of ether oxygens (including phenoxy) is 1. The van der Waals surface area contributed by atoms with E-state index < -0.39 is 17.7 Å². The van der Waals surface area contributed by atoms with Crippen molar-refractivity contribution in [3.05, 3.63) is 21.9 Å². The van der Waals surface area contributed by atoms with Gasteiger partial charge in [0, 0.05) is 22.2 Å². The van der Waals surface area contributed by atoms with E-state index in [1.54, 1.807) is 11.4 Å². The number of carboxylic acids is 1. The fraction of sp³-hybridized carbons (Fsp3) is 0.538. The van der Waals surface area contributed by atoms with Crippen molar-refractivity contribution in [3.8, 4) is 0 Å². The van der Waals surface area contributed by atoms with Gasteiger partial charge in [-0.1, -0.05) is 0 Å². The molecule has 0 radical (unpaired) electrons. The molecule has 1 saturated carbocycles. The quantitative estimate of drug-likeness (QED) is 0.894. The van der Waals surface area contributed by atoms with Crippen molar-refractivity contribution in [2.75, 3.05) is 0 Å². The van der Waals surface area contributed by atoms with Crippen LogP contribution in [0.3, 0.4) is 0 Å². The van der Waals surface area contributed by atoms with Crippen LogP contribution in [0.15, 0.2) is 11.4 Å². The van der Waals surface area contributed by atoms with E-state index in [-0.39, 0.29) is 12.0 Å². The molecule has 6 heteroatoms.